The molecule has 2 aromatic rings. The molecule has 0 saturated carbocycles. The van der Waals surface area contributed by atoms with Crippen LogP contribution in [0.4, 0.5) is 5.69 Å². The quantitative estimate of drug-likeness (QED) is 0.488. The SMILES string of the molecule is CC1(C)Cc2cccc(OCCNC(=O)c3ccccc3[N+](=O)[O-])c2O1. The number of hydrogen-bond acceptors (Lipinski definition) is 5. The number of rotatable bonds is 6. The summed E-state index contributed by atoms with van der Waals surface area (Å²) < 4.78 is 11.7. The van der Waals surface area contributed by atoms with Crippen molar-refractivity contribution < 1.29 is 19.2 Å². The number of carbonyl (C=O) groups excluding carboxylic acids is 1. The molecule has 2 aromatic carbocycles. The van der Waals surface area contributed by atoms with Crippen molar-refractivity contribution in [3.8, 4) is 11.5 Å². The Kier molecular flexibility index (Phi) is 4.79. The number of nitro benzene ring substituents is 1. The first kappa shape index (κ1) is 17.7. The van der Waals surface area contributed by atoms with Gasteiger partial charge in [-0.1, -0.05) is 24.3 Å². The first-order valence-corrected chi connectivity index (χ1v) is 8.33. The topological polar surface area (TPSA) is 90.7 Å². The molecule has 0 saturated heterocycles. The van der Waals surface area contributed by atoms with Crippen molar-refractivity contribution in [2.24, 2.45) is 0 Å². The van der Waals surface area contributed by atoms with Gasteiger partial charge < -0.3 is 14.8 Å². The third-order valence-electron chi connectivity index (χ3n) is 4.05. The lowest BCUT2D eigenvalue weighted by Crippen LogP contribution is -2.28. The van der Waals surface area contributed by atoms with Crippen LogP contribution in [-0.4, -0.2) is 29.6 Å². The number of para-hydroxylation sites is 2. The fourth-order valence-corrected chi connectivity index (χ4v) is 2.95. The molecular weight excluding hydrogens is 336 g/mol. The van der Waals surface area contributed by atoms with Crippen LogP contribution in [0.5, 0.6) is 11.5 Å². The molecule has 1 aliphatic heterocycles. The van der Waals surface area contributed by atoms with Crippen LogP contribution >= 0.6 is 0 Å². The highest BCUT2D eigenvalue weighted by molar-refractivity contribution is 5.98. The summed E-state index contributed by atoms with van der Waals surface area (Å²) in [5.74, 6) is 0.868. The number of benzene rings is 2. The molecule has 26 heavy (non-hydrogen) atoms. The van der Waals surface area contributed by atoms with Crippen LogP contribution in [0.1, 0.15) is 29.8 Å². The van der Waals surface area contributed by atoms with E-state index in [0.29, 0.717) is 5.75 Å². The maximum absolute atomic E-state index is 12.2. The van der Waals surface area contributed by atoms with Crippen LogP contribution in [0.25, 0.3) is 0 Å². The Morgan fingerprint density at radius 2 is 2.04 bits per heavy atom. The number of hydrogen-bond donors (Lipinski definition) is 1. The summed E-state index contributed by atoms with van der Waals surface area (Å²) in [4.78, 5) is 22.6. The lowest BCUT2D eigenvalue weighted by atomic mass is 10.0. The number of nitrogens with one attached hydrogen (secondary N) is 1. The smallest absolute Gasteiger partial charge is 0.282 e. The van der Waals surface area contributed by atoms with E-state index in [1.807, 2.05) is 32.0 Å². The van der Waals surface area contributed by atoms with Crippen molar-refractivity contribution in [1.82, 2.24) is 5.32 Å². The van der Waals surface area contributed by atoms with E-state index in [4.69, 9.17) is 9.47 Å². The molecule has 0 atom stereocenters. The predicted octanol–water partition coefficient (Wildman–Crippen LogP) is 3.12. The van der Waals surface area contributed by atoms with Crippen LogP contribution in [0.15, 0.2) is 42.5 Å². The van der Waals surface area contributed by atoms with Crippen molar-refractivity contribution >= 4 is 11.6 Å². The van der Waals surface area contributed by atoms with Crippen molar-refractivity contribution in [2.45, 2.75) is 25.9 Å². The van der Waals surface area contributed by atoms with Crippen LogP contribution in [0.3, 0.4) is 0 Å². The van der Waals surface area contributed by atoms with Gasteiger partial charge in [0.25, 0.3) is 11.6 Å². The van der Waals surface area contributed by atoms with E-state index in [9.17, 15) is 14.9 Å². The van der Waals surface area contributed by atoms with Crippen LogP contribution in [0.2, 0.25) is 0 Å². The summed E-state index contributed by atoms with van der Waals surface area (Å²) >= 11 is 0. The highest BCUT2D eigenvalue weighted by atomic mass is 16.6. The lowest BCUT2D eigenvalue weighted by Gasteiger charge is -2.18. The van der Waals surface area contributed by atoms with E-state index < -0.39 is 10.8 Å². The van der Waals surface area contributed by atoms with Crippen molar-refractivity contribution in [2.75, 3.05) is 13.2 Å². The zero-order valence-electron chi connectivity index (χ0n) is 14.7. The molecule has 1 heterocycles. The van der Waals surface area contributed by atoms with Crippen LogP contribution < -0.4 is 14.8 Å². The van der Waals surface area contributed by atoms with E-state index in [-0.39, 0.29) is 30.0 Å². The molecule has 0 fully saturated rings. The number of fused-ring (bicyclic) bond motifs is 1. The lowest BCUT2D eigenvalue weighted by molar-refractivity contribution is -0.385. The maximum Gasteiger partial charge on any atom is 0.282 e. The zero-order valence-corrected chi connectivity index (χ0v) is 14.7. The molecule has 0 bridgehead atoms. The molecule has 1 aliphatic rings. The van der Waals surface area contributed by atoms with Gasteiger partial charge in [-0.05, 0) is 26.0 Å². The van der Waals surface area contributed by atoms with E-state index in [0.717, 1.165) is 17.7 Å². The summed E-state index contributed by atoms with van der Waals surface area (Å²) in [6.07, 6.45) is 0.813. The molecule has 1 amide bonds. The molecule has 136 valence electrons. The second-order valence-electron chi connectivity index (χ2n) is 6.66. The molecule has 0 radical (unpaired) electrons. The Labute approximate surface area is 151 Å². The van der Waals surface area contributed by atoms with Gasteiger partial charge in [-0.25, -0.2) is 0 Å². The predicted molar refractivity (Wildman–Crippen MR) is 95.8 cm³/mol. The minimum absolute atomic E-state index is 0.0307. The number of ether oxygens (including phenoxy) is 2. The van der Waals surface area contributed by atoms with Crippen molar-refractivity contribution in [3.05, 3.63) is 63.7 Å². The van der Waals surface area contributed by atoms with Gasteiger partial charge in [0, 0.05) is 18.1 Å². The number of carbonyl (C=O) groups is 1. The summed E-state index contributed by atoms with van der Waals surface area (Å²) in [6, 6.07) is 11.6. The summed E-state index contributed by atoms with van der Waals surface area (Å²) in [5.41, 5.74) is 0.643. The second kappa shape index (κ2) is 7.03. The highest BCUT2D eigenvalue weighted by Crippen LogP contribution is 2.41. The normalized spacial score (nSPS) is 14.2. The molecule has 7 heteroatoms. The van der Waals surface area contributed by atoms with Crippen LogP contribution in [0, 0.1) is 10.1 Å². The van der Waals surface area contributed by atoms with Gasteiger partial charge in [-0.2, -0.15) is 0 Å². The van der Waals surface area contributed by atoms with Gasteiger partial charge in [0.2, 0.25) is 0 Å². The van der Waals surface area contributed by atoms with Gasteiger partial charge in [0.1, 0.15) is 17.8 Å². The Hall–Kier alpha value is -3.09. The molecule has 0 aromatic heterocycles. The molecule has 3 rings (SSSR count). The van der Waals surface area contributed by atoms with Gasteiger partial charge in [-0.15, -0.1) is 0 Å². The molecule has 0 unspecified atom stereocenters. The Balaban J connectivity index is 1.57. The van der Waals surface area contributed by atoms with Gasteiger partial charge in [-0.3, -0.25) is 14.9 Å². The molecule has 7 nitrogen and oxygen atoms in total. The van der Waals surface area contributed by atoms with E-state index >= 15 is 0 Å². The molecule has 0 spiro atoms. The number of nitro groups is 1. The number of nitrogens with zero attached hydrogens (tertiary/aromatic N) is 1. The fraction of sp³-hybridized carbons (Fsp3) is 0.316. The van der Waals surface area contributed by atoms with Crippen LogP contribution in [-0.2, 0) is 6.42 Å². The third-order valence-corrected chi connectivity index (χ3v) is 4.05. The maximum atomic E-state index is 12.2. The summed E-state index contributed by atoms with van der Waals surface area (Å²) in [5, 5.41) is 13.6. The average molecular weight is 356 g/mol. The molecular formula is C19H20N2O5. The second-order valence-corrected chi connectivity index (χ2v) is 6.66. The van der Waals surface area contributed by atoms with Crippen molar-refractivity contribution in [3.63, 3.8) is 0 Å². The highest BCUT2D eigenvalue weighted by Gasteiger charge is 2.32. The molecule has 1 N–H and O–H groups in total. The van der Waals surface area contributed by atoms with E-state index in [1.165, 1.54) is 18.2 Å². The minimum Gasteiger partial charge on any atom is -0.488 e. The minimum atomic E-state index is -0.572. The summed E-state index contributed by atoms with van der Waals surface area (Å²) in [6.45, 7) is 4.48. The first-order chi connectivity index (χ1) is 12.4. The van der Waals surface area contributed by atoms with E-state index in [1.54, 1.807) is 6.07 Å². The average Bonchev–Trinajstić information content (AvgIpc) is 2.93. The number of amides is 1. The largest absolute Gasteiger partial charge is 0.488 e. The summed E-state index contributed by atoms with van der Waals surface area (Å²) in [7, 11) is 0. The standard InChI is InChI=1S/C19H20N2O5/c1-19(2)12-13-6-5-9-16(17(13)26-19)25-11-10-20-18(22)14-7-3-4-8-15(14)21(23)24/h3-9H,10-12H2,1-2H3,(H,20,22). The monoisotopic (exact) mass is 356 g/mol. The molecule has 0 aliphatic carbocycles. The van der Waals surface area contributed by atoms with Gasteiger partial charge >= 0.3 is 0 Å². The van der Waals surface area contributed by atoms with Crippen molar-refractivity contribution in [1.29, 1.82) is 0 Å². The third kappa shape index (κ3) is 3.77. The van der Waals surface area contributed by atoms with Gasteiger partial charge in [0.05, 0.1) is 11.5 Å². The van der Waals surface area contributed by atoms with E-state index in [2.05, 4.69) is 5.32 Å². The van der Waals surface area contributed by atoms with Gasteiger partial charge in [0.15, 0.2) is 11.5 Å². The Bertz CT molecular complexity index is 848. The first-order valence-electron chi connectivity index (χ1n) is 8.33. The zero-order chi connectivity index (χ0) is 18.7. The Morgan fingerprint density at radius 1 is 1.27 bits per heavy atom. The fourth-order valence-electron chi connectivity index (χ4n) is 2.95. The Morgan fingerprint density at radius 3 is 2.81 bits per heavy atom.